The third kappa shape index (κ3) is 5.01. The van der Waals surface area contributed by atoms with Crippen molar-refractivity contribution in [3.63, 3.8) is 0 Å². The van der Waals surface area contributed by atoms with Crippen molar-refractivity contribution >= 4 is 28.4 Å². The second-order valence-electron chi connectivity index (χ2n) is 8.37. The van der Waals surface area contributed by atoms with Gasteiger partial charge in [-0.2, -0.15) is 15.0 Å². The monoisotopic (exact) mass is 454 g/mol. The molecule has 0 bridgehead atoms. The topological polar surface area (TPSA) is 144 Å². The number of nitrogens with two attached hydrogens (primary N) is 1. The van der Waals surface area contributed by atoms with E-state index in [0.29, 0.717) is 22.5 Å². The molecule has 3 rings (SSSR count). The highest BCUT2D eigenvalue weighted by atomic mass is 19.1. The molecule has 1 amide bonds. The van der Waals surface area contributed by atoms with Crippen molar-refractivity contribution in [2.75, 3.05) is 24.7 Å². The maximum atomic E-state index is 14.4. The summed E-state index contributed by atoms with van der Waals surface area (Å²) in [7, 11) is 1.42. The molecule has 174 valence electrons. The van der Waals surface area contributed by atoms with Gasteiger partial charge in [0.15, 0.2) is 11.5 Å². The van der Waals surface area contributed by atoms with Gasteiger partial charge in [0.2, 0.25) is 0 Å². The minimum absolute atomic E-state index is 0.00877. The number of carbonyl (C=O) groups is 1. The maximum Gasteiger partial charge on any atom is 0.255 e. The fraction of sp³-hybridized carbons (Fsp3) is 0.409. The number of fused-ring (bicyclic) bond motifs is 1. The first-order valence-electron chi connectivity index (χ1n) is 10.4. The van der Waals surface area contributed by atoms with E-state index < -0.39 is 17.7 Å². The van der Waals surface area contributed by atoms with Crippen LogP contribution in [0.4, 0.5) is 15.9 Å². The van der Waals surface area contributed by atoms with E-state index in [9.17, 15) is 9.18 Å². The average molecular weight is 455 g/mol. The largest absolute Gasteiger partial charge is 0.383 e. The van der Waals surface area contributed by atoms with E-state index in [0.717, 1.165) is 0 Å². The number of anilines is 2. The van der Waals surface area contributed by atoms with E-state index in [1.165, 1.54) is 18.0 Å². The Balaban J connectivity index is 1.95. The van der Waals surface area contributed by atoms with Gasteiger partial charge in [-0.05, 0) is 33.8 Å². The van der Waals surface area contributed by atoms with E-state index in [4.69, 9.17) is 15.7 Å². The molecule has 11 heteroatoms. The molecule has 0 unspecified atom stereocenters. The van der Waals surface area contributed by atoms with Crippen molar-refractivity contribution in [3.8, 4) is 11.9 Å². The highest BCUT2D eigenvalue weighted by molar-refractivity contribution is 5.99. The van der Waals surface area contributed by atoms with Crippen molar-refractivity contribution in [2.24, 2.45) is 0 Å². The molecule has 33 heavy (non-hydrogen) atoms. The van der Waals surface area contributed by atoms with Gasteiger partial charge in [0.05, 0.1) is 35.2 Å². The Morgan fingerprint density at radius 2 is 2.09 bits per heavy atom. The number of nitrogens with one attached hydrogen (secondary N) is 2. The molecule has 0 spiro atoms. The number of hydrogen-bond acceptors (Lipinski definition) is 8. The van der Waals surface area contributed by atoms with Crippen molar-refractivity contribution in [2.45, 2.75) is 45.5 Å². The molecule has 3 aromatic heterocycles. The number of alkyl halides is 1. The third-order valence-corrected chi connectivity index (χ3v) is 5.21. The number of aromatic nitrogens is 4. The molecule has 0 aromatic carbocycles. The molecule has 0 saturated heterocycles. The minimum Gasteiger partial charge on any atom is -0.383 e. The first-order chi connectivity index (χ1) is 15.6. The molecule has 10 nitrogen and oxygen atoms in total. The highest BCUT2D eigenvalue weighted by Crippen LogP contribution is 2.24. The van der Waals surface area contributed by atoms with Crippen molar-refractivity contribution in [3.05, 3.63) is 35.7 Å². The summed E-state index contributed by atoms with van der Waals surface area (Å²) in [6.45, 7) is 6.86. The quantitative estimate of drug-likeness (QED) is 0.471. The second-order valence-corrected chi connectivity index (χ2v) is 8.37. The molecule has 3 aromatic rings. The molecular weight excluding hydrogens is 427 g/mol. The predicted octanol–water partition coefficient (Wildman–Crippen LogP) is 2.58. The summed E-state index contributed by atoms with van der Waals surface area (Å²) < 4.78 is 21.0. The summed E-state index contributed by atoms with van der Waals surface area (Å²) in [6.07, 6.45) is 1.55. The van der Waals surface area contributed by atoms with Crippen LogP contribution < -0.4 is 16.4 Å². The lowest BCUT2D eigenvalue weighted by atomic mass is 10.0. The third-order valence-electron chi connectivity index (χ3n) is 5.21. The van der Waals surface area contributed by atoms with Crippen LogP contribution in [0.2, 0.25) is 0 Å². The molecule has 0 aliphatic carbocycles. The van der Waals surface area contributed by atoms with Gasteiger partial charge in [-0.3, -0.25) is 4.79 Å². The summed E-state index contributed by atoms with van der Waals surface area (Å²) in [5.41, 5.74) is 6.26. The van der Waals surface area contributed by atoms with Crippen LogP contribution in [0.3, 0.4) is 0 Å². The predicted molar refractivity (Wildman–Crippen MR) is 123 cm³/mol. The molecule has 0 saturated carbocycles. The van der Waals surface area contributed by atoms with Gasteiger partial charge in [-0.1, -0.05) is 0 Å². The number of hydrogen-bond donors (Lipinski definition) is 3. The molecule has 0 fully saturated rings. The maximum absolute atomic E-state index is 14.4. The van der Waals surface area contributed by atoms with Crippen LogP contribution in [0.25, 0.3) is 16.9 Å². The Bertz CT molecular complexity index is 1220. The number of halogens is 1. The van der Waals surface area contributed by atoms with E-state index in [1.807, 2.05) is 19.9 Å². The van der Waals surface area contributed by atoms with Gasteiger partial charge in [-0.25, -0.2) is 14.4 Å². The minimum atomic E-state index is -1.40. The number of amides is 1. The number of nitrogens with zero attached hydrogens (tertiary/aromatic N) is 5. The van der Waals surface area contributed by atoms with Gasteiger partial charge in [0, 0.05) is 30.8 Å². The fourth-order valence-electron chi connectivity index (χ4n) is 3.05. The smallest absolute Gasteiger partial charge is 0.255 e. The summed E-state index contributed by atoms with van der Waals surface area (Å²) in [5, 5.41) is 19.9. The lowest BCUT2D eigenvalue weighted by Crippen LogP contribution is -2.43. The van der Waals surface area contributed by atoms with Crippen LogP contribution in [0.1, 0.15) is 43.6 Å². The zero-order valence-corrected chi connectivity index (χ0v) is 19.2. The van der Waals surface area contributed by atoms with Crippen molar-refractivity contribution in [1.82, 2.24) is 25.1 Å². The van der Waals surface area contributed by atoms with Crippen LogP contribution >= 0.6 is 0 Å². The summed E-state index contributed by atoms with van der Waals surface area (Å²) in [4.78, 5) is 21.4. The molecule has 1 atom stereocenters. The van der Waals surface area contributed by atoms with Crippen LogP contribution in [0, 0.1) is 11.3 Å². The first kappa shape index (κ1) is 23.9. The van der Waals surface area contributed by atoms with Crippen molar-refractivity contribution < 1.29 is 13.9 Å². The zero-order chi connectivity index (χ0) is 24.3. The second kappa shape index (κ2) is 9.38. The van der Waals surface area contributed by atoms with Crippen LogP contribution in [0.5, 0.6) is 0 Å². The lowest BCUT2D eigenvalue weighted by molar-refractivity contribution is -0.0404. The number of ether oxygens (including phenoxy) is 1. The standard InChI is InChI=1S/C22H27FN8O2/c1-12(2)29-16-7-18(31-20-14(9-28-31)6-13(8-24)19(25)30-20)26-10-15(16)21(32)27-11-17(23)22(3,4)33-5/h6-7,9-10,12,17H,11H2,1-5H3,(H2,25,30)(H,26,29)(H,27,32)/t17-/m1/s1. The highest BCUT2D eigenvalue weighted by Gasteiger charge is 2.30. The van der Waals surface area contributed by atoms with E-state index in [-0.39, 0.29) is 29.5 Å². The van der Waals surface area contributed by atoms with E-state index >= 15 is 0 Å². The Labute approximate surface area is 191 Å². The molecule has 0 aliphatic heterocycles. The Morgan fingerprint density at radius 1 is 1.36 bits per heavy atom. The van der Waals surface area contributed by atoms with E-state index in [1.54, 1.807) is 32.2 Å². The summed E-state index contributed by atoms with van der Waals surface area (Å²) in [6, 6.07) is 5.26. The zero-order valence-electron chi connectivity index (χ0n) is 19.2. The summed E-state index contributed by atoms with van der Waals surface area (Å²) >= 11 is 0. The SMILES string of the molecule is COC(C)(C)[C@H](F)CNC(=O)c1cnc(-n2ncc3cc(C#N)c(N)nc32)cc1NC(C)C. The number of pyridine rings is 2. The number of methoxy groups -OCH3 is 1. The molecule has 0 aliphatic rings. The number of rotatable bonds is 8. The Kier molecular flexibility index (Phi) is 6.78. The van der Waals surface area contributed by atoms with E-state index in [2.05, 4.69) is 25.7 Å². The average Bonchev–Trinajstić information content (AvgIpc) is 3.18. The number of nitrogen functional groups attached to an aromatic ring is 1. The van der Waals surface area contributed by atoms with Crippen LogP contribution in [-0.4, -0.2) is 57.1 Å². The van der Waals surface area contributed by atoms with Gasteiger partial charge in [0.25, 0.3) is 5.91 Å². The van der Waals surface area contributed by atoms with Gasteiger partial charge in [0.1, 0.15) is 18.1 Å². The first-order valence-corrected chi connectivity index (χ1v) is 10.4. The lowest BCUT2D eigenvalue weighted by Gasteiger charge is -2.27. The number of nitriles is 1. The molecule has 3 heterocycles. The van der Waals surface area contributed by atoms with Gasteiger partial charge >= 0.3 is 0 Å². The number of carbonyl (C=O) groups excluding carboxylic acids is 1. The van der Waals surface area contributed by atoms with Crippen molar-refractivity contribution in [1.29, 1.82) is 5.26 Å². The molecular formula is C22H27FN8O2. The molecule has 0 radical (unpaired) electrons. The normalized spacial score (nSPS) is 12.5. The van der Waals surface area contributed by atoms with Crippen LogP contribution in [-0.2, 0) is 4.74 Å². The summed E-state index contributed by atoms with van der Waals surface area (Å²) in [5.74, 6) is 0.00587. The van der Waals surface area contributed by atoms with Crippen LogP contribution in [0.15, 0.2) is 24.5 Å². The fourth-order valence-corrected chi connectivity index (χ4v) is 3.05. The van der Waals surface area contributed by atoms with Gasteiger partial charge < -0.3 is 21.1 Å². The van der Waals surface area contributed by atoms with Gasteiger partial charge in [-0.15, -0.1) is 0 Å². The Morgan fingerprint density at radius 3 is 2.73 bits per heavy atom. The molecule has 4 N–H and O–H groups in total. The Hall–Kier alpha value is -3.78.